The average molecular weight is 380 g/mol. The van der Waals surface area contributed by atoms with Crippen LogP contribution in [-0.4, -0.2) is 36.2 Å². The van der Waals surface area contributed by atoms with Crippen molar-refractivity contribution in [3.05, 3.63) is 45.9 Å². The van der Waals surface area contributed by atoms with Crippen LogP contribution >= 0.6 is 36.2 Å². The van der Waals surface area contributed by atoms with Gasteiger partial charge in [-0.25, -0.2) is 4.39 Å². The van der Waals surface area contributed by atoms with Gasteiger partial charge in [0.05, 0.1) is 6.04 Å². The smallest absolute Gasteiger partial charge is 0.149 e. The molecule has 0 aliphatic carbocycles. The Morgan fingerprint density at radius 3 is 2.52 bits per heavy atom. The zero-order valence-electron chi connectivity index (χ0n) is 12.4. The van der Waals surface area contributed by atoms with Crippen molar-refractivity contribution in [3.63, 3.8) is 0 Å². The zero-order chi connectivity index (χ0) is 14.8. The number of aromatic hydroxyl groups is 1. The van der Waals surface area contributed by atoms with E-state index in [0.717, 1.165) is 31.1 Å². The number of benzene rings is 1. The zero-order valence-corrected chi connectivity index (χ0v) is 14.8. The molecule has 0 radical (unpaired) electrons. The van der Waals surface area contributed by atoms with E-state index < -0.39 is 5.82 Å². The molecule has 0 spiro atoms. The summed E-state index contributed by atoms with van der Waals surface area (Å²) in [5, 5.41) is 15.6. The molecule has 4 nitrogen and oxygen atoms in total. The van der Waals surface area contributed by atoms with Gasteiger partial charge in [0.2, 0.25) is 0 Å². The quantitative estimate of drug-likeness (QED) is 0.566. The molecule has 0 amide bonds. The number of nitrogens with zero attached hydrogens (tertiary/aromatic N) is 1. The molecule has 0 saturated carbocycles. The first-order valence-electron chi connectivity index (χ1n) is 6.93. The minimum atomic E-state index is -0.582. The van der Waals surface area contributed by atoms with Crippen molar-refractivity contribution in [1.82, 2.24) is 10.2 Å². The number of phenols is 1. The highest BCUT2D eigenvalue weighted by molar-refractivity contribution is 7.10. The second-order valence-corrected chi connectivity index (χ2v) is 6.08. The van der Waals surface area contributed by atoms with E-state index in [0.29, 0.717) is 5.56 Å². The Morgan fingerprint density at radius 1 is 1.22 bits per heavy atom. The lowest BCUT2D eigenvalue weighted by atomic mass is 10.0. The average Bonchev–Trinajstić information content (AvgIpc) is 3.03. The van der Waals surface area contributed by atoms with E-state index in [1.807, 2.05) is 17.5 Å². The summed E-state index contributed by atoms with van der Waals surface area (Å²) in [7, 11) is 0. The first-order valence-corrected chi connectivity index (χ1v) is 7.81. The number of piperazine rings is 1. The van der Waals surface area contributed by atoms with Crippen molar-refractivity contribution in [2.75, 3.05) is 31.9 Å². The fraction of sp³-hybridized carbons (Fsp3) is 0.333. The fourth-order valence-corrected chi connectivity index (χ4v) is 3.61. The van der Waals surface area contributed by atoms with Crippen LogP contribution < -0.4 is 11.1 Å². The molecule has 2 aromatic rings. The van der Waals surface area contributed by atoms with E-state index >= 15 is 0 Å². The van der Waals surface area contributed by atoms with Crippen LogP contribution in [0.15, 0.2) is 29.6 Å². The maximum absolute atomic E-state index is 13.5. The van der Waals surface area contributed by atoms with Crippen LogP contribution in [0.2, 0.25) is 0 Å². The monoisotopic (exact) mass is 379 g/mol. The van der Waals surface area contributed by atoms with Crippen molar-refractivity contribution < 1.29 is 9.50 Å². The Balaban J connectivity index is 0.00000132. The number of thiophene rings is 1. The van der Waals surface area contributed by atoms with E-state index in [9.17, 15) is 9.50 Å². The molecular formula is C15H20Cl2FN3OS. The molecule has 128 valence electrons. The molecule has 4 N–H and O–H groups in total. The number of anilines is 1. The molecule has 1 saturated heterocycles. The Hall–Kier alpha value is -1.05. The number of hydrogen-bond donors (Lipinski definition) is 3. The van der Waals surface area contributed by atoms with Crippen molar-refractivity contribution in [2.45, 2.75) is 6.04 Å². The van der Waals surface area contributed by atoms with Gasteiger partial charge in [0, 0.05) is 36.6 Å². The molecule has 1 fully saturated rings. The summed E-state index contributed by atoms with van der Waals surface area (Å²) >= 11 is 1.63. The molecule has 1 aliphatic heterocycles. The van der Waals surface area contributed by atoms with Gasteiger partial charge < -0.3 is 16.2 Å². The first kappa shape index (κ1) is 20.0. The maximum Gasteiger partial charge on any atom is 0.149 e. The number of nitrogen functional groups attached to an aromatic ring is 1. The molecule has 1 aromatic heterocycles. The number of hydrogen-bond acceptors (Lipinski definition) is 5. The number of nitrogens with one attached hydrogen (secondary N) is 1. The summed E-state index contributed by atoms with van der Waals surface area (Å²) < 4.78 is 13.5. The minimum absolute atomic E-state index is 0. The van der Waals surface area contributed by atoms with Crippen molar-refractivity contribution in [3.8, 4) is 5.75 Å². The third-order valence-corrected chi connectivity index (χ3v) is 4.74. The van der Waals surface area contributed by atoms with Crippen LogP contribution in [-0.2, 0) is 0 Å². The molecule has 8 heteroatoms. The van der Waals surface area contributed by atoms with Gasteiger partial charge in [-0.05, 0) is 17.5 Å². The highest BCUT2D eigenvalue weighted by atomic mass is 35.5. The van der Waals surface area contributed by atoms with Gasteiger partial charge in [0.15, 0.2) is 0 Å². The molecular weight excluding hydrogens is 360 g/mol. The molecule has 23 heavy (non-hydrogen) atoms. The maximum atomic E-state index is 13.5. The predicted molar refractivity (Wildman–Crippen MR) is 97.6 cm³/mol. The standard InChI is InChI=1S/C15H18FN3OS.2ClH/c16-11-4-3-10(15(20)13(11)17)14(12-2-1-9-21-12)19-7-5-18-6-8-19;;/h1-4,9,14,18,20H,5-8,17H2;2*1H/t14-;;/m1../s1. The van der Waals surface area contributed by atoms with Crippen LogP contribution in [0, 0.1) is 5.82 Å². The Morgan fingerprint density at radius 2 is 1.91 bits per heavy atom. The molecule has 3 rings (SSSR count). The van der Waals surface area contributed by atoms with Gasteiger partial charge in [-0.15, -0.1) is 36.2 Å². The number of phenolic OH excluding ortho intramolecular Hbond substituents is 1. The summed E-state index contributed by atoms with van der Waals surface area (Å²) in [6.07, 6.45) is 0. The SMILES string of the molecule is Cl.Cl.Nc1c(F)ccc([C@H](c2cccs2)N2CCNCC2)c1O. The highest BCUT2D eigenvalue weighted by Gasteiger charge is 2.28. The molecule has 1 atom stereocenters. The van der Waals surface area contributed by atoms with Gasteiger partial charge in [0.25, 0.3) is 0 Å². The lowest BCUT2D eigenvalue weighted by Crippen LogP contribution is -2.45. The Kier molecular flexibility index (Phi) is 7.57. The van der Waals surface area contributed by atoms with Crippen LogP contribution in [0.1, 0.15) is 16.5 Å². The third kappa shape index (κ3) is 4.08. The summed E-state index contributed by atoms with van der Waals surface area (Å²) in [5.41, 5.74) is 6.14. The Labute approximate surface area is 151 Å². The molecule has 1 aliphatic rings. The van der Waals surface area contributed by atoms with Crippen molar-refractivity contribution in [2.24, 2.45) is 0 Å². The largest absolute Gasteiger partial charge is 0.505 e. The summed E-state index contributed by atoms with van der Waals surface area (Å²) in [6.45, 7) is 3.55. The van der Waals surface area contributed by atoms with Crippen LogP contribution in [0.4, 0.5) is 10.1 Å². The van der Waals surface area contributed by atoms with E-state index in [4.69, 9.17) is 5.73 Å². The van der Waals surface area contributed by atoms with E-state index in [1.54, 1.807) is 17.4 Å². The van der Waals surface area contributed by atoms with Gasteiger partial charge in [-0.3, -0.25) is 4.90 Å². The normalized spacial score (nSPS) is 16.2. The van der Waals surface area contributed by atoms with Crippen molar-refractivity contribution >= 4 is 41.8 Å². The molecule has 1 aromatic carbocycles. The topological polar surface area (TPSA) is 61.5 Å². The predicted octanol–water partition coefficient (Wildman–Crippen LogP) is 3.01. The van der Waals surface area contributed by atoms with Gasteiger partial charge in [0.1, 0.15) is 17.3 Å². The second-order valence-electron chi connectivity index (χ2n) is 5.10. The summed E-state index contributed by atoms with van der Waals surface area (Å²) in [5.74, 6) is -0.728. The lowest BCUT2D eigenvalue weighted by molar-refractivity contribution is 0.198. The highest BCUT2D eigenvalue weighted by Crippen LogP contribution is 2.39. The first-order chi connectivity index (χ1) is 10.2. The van der Waals surface area contributed by atoms with E-state index in [2.05, 4.69) is 10.2 Å². The molecule has 2 heterocycles. The number of halogens is 3. The van der Waals surface area contributed by atoms with Crippen LogP contribution in [0.5, 0.6) is 5.75 Å². The van der Waals surface area contributed by atoms with E-state index in [1.165, 1.54) is 6.07 Å². The van der Waals surface area contributed by atoms with Crippen LogP contribution in [0.3, 0.4) is 0 Å². The summed E-state index contributed by atoms with van der Waals surface area (Å²) in [4.78, 5) is 3.41. The minimum Gasteiger partial charge on any atom is -0.505 e. The van der Waals surface area contributed by atoms with Gasteiger partial charge >= 0.3 is 0 Å². The van der Waals surface area contributed by atoms with E-state index in [-0.39, 0.29) is 42.3 Å². The summed E-state index contributed by atoms with van der Waals surface area (Å²) in [6, 6.07) is 6.89. The van der Waals surface area contributed by atoms with Gasteiger partial charge in [-0.2, -0.15) is 0 Å². The molecule has 0 bridgehead atoms. The fourth-order valence-electron chi connectivity index (χ4n) is 2.74. The molecule has 0 unspecified atom stereocenters. The lowest BCUT2D eigenvalue weighted by Gasteiger charge is -2.35. The number of nitrogens with two attached hydrogens (primary N) is 1. The van der Waals surface area contributed by atoms with Crippen molar-refractivity contribution in [1.29, 1.82) is 0 Å². The number of rotatable bonds is 3. The Bertz CT molecular complexity index is 621. The van der Waals surface area contributed by atoms with Gasteiger partial charge in [-0.1, -0.05) is 12.1 Å². The van der Waals surface area contributed by atoms with Crippen LogP contribution in [0.25, 0.3) is 0 Å². The third-order valence-electron chi connectivity index (χ3n) is 3.82. The second kappa shape index (κ2) is 8.70.